The highest BCUT2D eigenvalue weighted by Gasteiger charge is 2.44. The average Bonchev–Trinajstić information content (AvgIpc) is 2.65. The first-order chi connectivity index (χ1) is 7.47. The van der Waals surface area contributed by atoms with Gasteiger partial charge in [-0.3, -0.25) is 0 Å². The van der Waals surface area contributed by atoms with Gasteiger partial charge in [-0.15, -0.1) is 0 Å². The van der Waals surface area contributed by atoms with Crippen molar-refractivity contribution >= 4 is 15.9 Å². The first-order valence-electron chi connectivity index (χ1n) is 4.80. The van der Waals surface area contributed by atoms with E-state index >= 15 is 0 Å². The Bertz CT molecular complexity index is 381. The number of alkyl halides is 3. The maximum Gasteiger partial charge on any atom is 0.405 e. The lowest BCUT2D eigenvalue weighted by molar-refractivity contribution is -0.153. The predicted molar refractivity (Wildman–Crippen MR) is 57.6 cm³/mol. The van der Waals surface area contributed by atoms with Gasteiger partial charge in [-0.2, -0.15) is 13.2 Å². The van der Waals surface area contributed by atoms with Crippen molar-refractivity contribution in [1.82, 2.24) is 10.9 Å². The maximum absolute atomic E-state index is 12.4. The summed E-state index contributed by atoms with van der Waals surface area (Å²) in [6, 6.07) is 5.50. The molecule has 2 rings (SSSR count). The fraction of sp³-hybridized carbons (Fsp3) is 0.400. The summed E-state index contributed by atoms with van der Waals surface area (Å²) >= 11 is 3.29. The van der Waals surface area contributed by atoms with Crippen LogP contribution in [0.4, 0.5) is 13.2 Å². The zero-order valence-corrected chi connectivity index (χ0v) is 9.77. The van der Waals surface area contributed by atoms with Crippen molar-refractivity contribution in [2.45, 2.75) is 24.7 Å². The number of nitrogens with one attached hydrogen (secondary N) is 2. The zero-order valence-electron chi connectivity index (χ0n) is 8.18. The quantitative estimate of drug-likeness (QED) is 0.832. The van der Waals surface area contributed by atoms with Crippen LogP contribution in [-0.2, 0) is 0 Å². The lowest BCUT2D eigenvalue weighted by Crippen LogP contribution is -2.40. The van der Waals surface area contributed by atoms with Gasteiger partial charge in [-0.05, 0) is 24.1 Å². The molecule has 1 fully saturated rings. The van der Waals surface area contributed by atoms with Crippen molar-refractivity contribution in [2.75, 3.05) is 0 Å². The Kier molecular flexibility index (Phi) is 3.23. The monoisotopic (exact) mass is 294 g/mol. The van der Waals surface area contributed by atoms with Crippen LogP contribution in [0, 0.1) is 0 Å². The summed E-state index contributed by atoms with van der Waals surface area (Å²) in [4.78, 5) is 0. The van der Waals surface area contributed by atoms with Gasteiger partial charge >= 0.3 is 6.18 Å². The summed E-state index contributed by atoms with van der Waals surface area (Å²) in [7, 11) is 0. The van der Waals surface area contributed by atoms with Crippen molar-refractivity contribution in [2.24, 2.45) is 0 Å². The molecule has 0 aromatic heterocycles. The van der Waals surface area contributed by atoms with Crippen molar-refractivity contribution in [3.05, 3.63) is 34.3 Å². The normalized spacial score (nSPS) is 26.0. The van der Waals surface area contributed by atoms with E-state index in [0.717, 1.165) is 10.0 Å². The summed E-state index contributed by atoms with van der Waals surface area (Å²) < 4.78 is 38.1. The van der Waals surface area contributed by atoms with Crippen LogP contribution < -0.4 is 10.9 Å². The molecule has 0 bridgehead atoms. The molecular formula is C10H10BrF3N2. The number of benzene rings is 1. The number of rotatable bonds is 1. The molecule has 1 aromatic rings. The third-order valence-corrected chi connectivity index (χ3v) is 3.04. The Hall–Kier alpha value is -0.590. The molecule has 2 unspecified atom stereocenters. The molecule has 6 heteroatoms. The first kappa shape index (κ1) is 11.9. The molecule has 0 saturated carbocycles. The van der Waals surface area contributed by atoms with Gasteiger partial charge in [-0.25, -0.2) is 10.9 Å². The van der Waals surface area contributed by atoms with Crippen molar-refractivity contribution in [3.8, 4) is 0 Å². The first-order valence-corrected chi connectivity index (χ1v) is 5.59. The molecule has 1 heterocycles. The molecule has 16 heavy (non-hydrogen) atoms. The van der Waals surface area contributed by atoms with Crippen LogP contribution in [0.3, 0.4) is 0 Å². The highest BCUT2D eigenvalue weighted by Crippen LogP contribution is 2.32. The molecule has 0 amide bonds. The van der Waals surface area contributed by atoms with E-state index in [1.54, 1.807) is 0 Å². The molecule has 0 radical (unpaired) electrons. The SMILES string of the molecule is FC(F)(F)C1CC(c2cccc(Br)c2)NN1. The molecule has 0 spiro atoms. The number of hydrogen-bond donors (Lipinski definition) is 2. The molecule has 1 aliphatic heterocycles. The molecular weight excluding hydrogens is 285 g/mol. The van der Waals surface area contributed by atoms with Crippen molar-refractivity contribution in [3.63, 3.8) is 0 Å². The lowest BCUT2D eigenvalue weighted by atomic mass is 10.0. The highest BCUT2D eigenvalue weighted by molar-refractivity contribution is 9.10. The zero-order chi connectivity index (χ0) is 11.8. The van der Waals surface area contributed by atoms with E-state index in [1.165, 1.54) is 0 Å². The average molecular weight is 295 g/mol. The van der Waals surface area contributed by atoms with Gasteiger partial charge in [0.05, 0.1) is 0 Å². The molecule has 1 saturated heterocycles. The maximum atomic E-state index is 12.4. The minimum Gasteiger partial charge on any atom is -0.250 e. The Morgan fingerprint density at radius 2 is 2.00 bits per heavy atom. The van der Waals surface area contributed by atoms with Gasteiger partial charge < -0.3 is 0 Å². The lowest BCUT2D eigenvalue weighted by Gasteiger charge is -2.13. The fourth-order valence-electron chi connectivity index (χ4n) is 1.71. The van der Waals surface area contributed by atoms with Crippen LogP contribution in [0.1, 0.15) is 18.0 Å². The topological polar surface area (TPSA) is 24.1 Å². The fourth-order valence-corrected chi connectivity index (χ4v) is 2.13. The van der Waals surface area contributed by atoms with Crippen molar-refractivity contribution in [1.29, 1.82) is 0 Å². The van der Waals surface area contributed by atoms with Crippen LogP contribution in [0.5, 0.6) is 0 Å². The van der Waals surface area contributed by atoms with E-state index in [0.29, 0.717) is 0 Å². The van der Waals surface area contributed by atoms with E-state index in [1.807, 2.05) is 24.3 Å². The van der Waals surface area contributed by atoms with Crippen LogP contribution >= 0.6 is 15.9 Å². The van der Waals surface area contributed by atoms with Crippen LogP contribution in [0.2, 0.25) is 0 Å². The standard InChI is InChI=1S/C10H10BrF3N2/c11-7-3-1-2-6(4-7)8-5-9(16-15-8)10(12,13)14/h1-4,8-9,15-16H,5H2. The van der Waals surface area contributed by atoms with Gasteiger partial charge in [0.1, 0.15) is 6.04 Å². The summed E-state index contributed by atoms with van der Waals surface area (Å²) in [5, 5.41) is 0. The molecule has 1 aliphatic rings. The Labute approximate surface area is 99.3 Å². The van der Waals surface area contributed by atoms with E-state index in [9.17, 15) is 13.2 Å². The molecule has 88 valence electrons. The Morgan fingerprint density at radius 3 is 2.56 bits per heavy atom. The highest BCUT2D eigenvalue weighted by atomic mass is 79.9. The number of hydrazine groups is 1. The van der Waals surface area contributed by atoms with E-state index in [2.05, 4.69) is 26.8 Å². The predicted octanol–water partition coefficient (Wildman–Crippen LogP) is 2.92. The molecule has 2 N–H and O–H groups in total. The smallest absolute Gasteiger partial charge is 0.250 e. The van der Waals surface area contributed by atoms with Crippen LogP contribution in [0.25, 0.3) is 0 Å². The minimum atomic E-state index is -4.20. The third kappa shape index (κ3) is 2.56. The summed E-state index contributed by atoms with van der Waals surface area (Å²) in [5.74, 6) is 0. The molecule has 2 nitrogen and oxygen atoms in total. The molecule has 1 aromatic carbocycles. The van der Waals surface area contributed by atoms with Crippen LogP contribution in [-0.4, -0.2) is 12.2 Å². The van der Waals surface area contributed by atoms with E-state index < -0.39 is 12.2 Å². The van der Waals surface area contributed by atoms with Gasteiger partial charge in [-0.1, -0.05) is 28.1 Å². The van der Waals surface area contributed by atoms with Gasteiger partial charge in [0.25, 0.3) is 0 Å². The van der Waals surface area contributed by atoms with Gasteiger partial charge in [0.2, 0.25) is 0 Å². The summed E-state index contributed by atoms with van der Waals surface area (Å²) in [6.07, 6.45) is -4.19. The minimum absolute atomic E-state index is 0.0138. The summed E-state index contributed by atoms with van der Waals surface area (Å²) in [6.45, 7) is 0. The second kappa shape index (κ2) is 4.35. The second-order valence-electron chi connectivity index (χ2n) is 3.73. The van der Waals surface area contributed by atoms with Crippen LogP contribution in [0.15, 0.2) is 28.7 Å². The van der Waals surface area contributed by atoms with Gasteiger partial charge in [0, 0.05) is 10.5 Å². The van der Waals surface area contributed by atoms with Crippen molar-refractivity contribution < 1.29 is 13.2 Å². The largest absolute Gasteiger partial charge is 0.405 e. The third-order valence-electron chi connectivity index (χ3n) is 2.55. The number of hydrogen-bond acceptors (Lipinski definition) is 2. The van der Waals surface area contributed by atoms with E-state index in [-0.39, 0.29) is 12.5 Å². The molecule has 0 aliphatic carbocycles. The summed E-state index contributed by atoms with van der Waals surface area (Å²) in [5.41, 5.74) is 5.78. The molecule has 2 atom stereocenters. The second-order valence-corrected chi connectivity index (χ2v) is 4.64. The Morgan fingerprint density at radius 1 is 1.25 bits per heavy atom. The van der Waals surface area contributed by atoms with Gasteiger partial charge in [0.15, 0.2) is 0 Å². The number of halogens is 4. The van der Waals surface area contributed by atoms with E-state index in [4.69, 9.17) is 0 Å². The Balaban J connectivity index is 2.09.